The van der Waals surface area contributed by atoms with Crippen LogP contribution in [0.2, 0.25) is 0 Å². The van der Waals surface area contributed by atoms with Crippen molar-refractivity contribution in [1.82, 2.24) is 15.0 Å². The molecule has 0 spiro atoms. The Kier molecular flexibility index (Phi) is 5.29. The number of hydrogen-bond acceptors (Lipinski definition) is 5. The second-order valence-corrected chi connectivity index (χ2v) is 9.03. The highest BCUT2D eigenvalue weighted by Gasteiger charge is 2.43. The predicted octanol–water partition coefficient (Wildman–Crippen LogP) is 4.26. The molecule has 5 rings (SSSR count). The summed E-state index contributed by atoms with van der Waals surface area (Å²) in [6, 6.07) is 11.3. The van der Waals surface area contributed by atoms with Gasteiger partial charge in [-0.15, -0.1) is 0 Å². The number of aryl methyl sites for hydroxylation is 3. The third-order valence-electron chi connectivity index (χ3n) is 6.66. The summed E-state index contributed by atoms with van der Waals surface area (Å²) in [5.74, 6) is 0.997. The van der Waals surface area contributed by atoms with Crippen LogP contribution in [0.5, 0.6) is 0 Å². The van der Waals surface area contributed by atoms with Gasteiger partial charge in [-0.1, -0.05) is 22.9 Å². The Balaban J connectivity index is 1.32. The van der Waals surface area contributed by atoms with Crippen LogP contribution in [0.25, 0.3) is 11.4 Å². The minimum absolute atomic E-state index is 0.0875. The summed E-state index contributed by atoms with van der Waals surface area (Å²) in [5, 5.41) is 4.01. The molecule has 0 radical (unpaired) electrons. The third kappa shape index (κ3) is 3.71. The van der Waals surface area contributed by atoms with Crippen LogP contribution in [0.4, 0.5) is 10.1 Å². The first-order chi connectivity index (χ1) is 15.4. The normalized spacial score (nSPS) is 20.3. The Hall–Kier alpha value is -3.06. The number of likely N-dealkylation sites (N-methyl/N-ethyl adjacent to an activating group) is 1. The van der Waals surface area contributed by atoms with Gasteiger partial charge in [-0.2, -0.15) is 4.98 Å². The maximum absolute atomic E-state index is 13.5. The molecule has 0 aliphatic carbocycles. The number of aromatic nitrogens is 2. The van der Waals surface area contributed by atoms with Gasteiger partial charge in [-0.05, 0) is 69.3 Å². The zero-order valence-electron chi connectivity index (χ0n) is 18.6. The summed E-state index contributed by atoms with van der Waals surface area (Å²) in [6.07, 6.45) is 1.65. The number of nitrogens with zero attached hydrogens (tertiary/aromatic N) is 4. The molecule has 2 atom stereocenters. The second-order valence-electron chi connectivity index (χ2n) is 9.03. The highest BCUT2D eigenvalue weighted by Crippen LogP contribution is 2.45. The Morgan fingerprint density at radius 2 is 2.06 bits per heavy atom. The average Bonchev–Trinajstić information content (AvgIpc) is 3.36. The van der Waals surface area contributed by atoms with E-state index in [1.807, 2.05) is 4.90 Å². The van der Waals surface area contributed by atoms with E-state index in [4.69, 9.17) is 4.52 Å². The zero-order valence-corrected chi connectivity index (χ0v) is 18.6. The fourth-order valence-electron chi connectivity index (χ4n) is 5.00. The van der Waals surface area contributed by atoms with E-state index in [0.29, 0.717) is 41.6 Å². The maximum atomic E-state index is 13.5. The molecule has 32 heavy (non-hydrogen) atoms. The van der Waals surface area contributed by atoms with E-state index in [-0.39, 0.29) is 17.8 Å². The van der Waals surface area contributed by atoms with Gasteiger partial charge in [0.25, 0.3) is 0 Å². The number of benzene rings is 2. The van der Waals surface area contributed by atoms with E-state index in [1.165, 1.54) is 17.2 Å². The molecule has 3 heterocycles. The summed E-state index contributed by atoms with van der Waals surface area (Å²) in [4.78, 5) is 22.1. The number of likely N-dealkylation sites (tertiary alicyclic amines) is 1. The van der Waals surface area contributed by atoms with Crippen molar-refractivity contribution in [2.75, 3.05) is 25.0 Å². The maximum Gasteiger partial charge on any atom is 0.227 e. The van der Waals surface area contributed by atoms with Crippen LogP contribution in [0.1, 0.15) is 41.3 Å². The minimum atomic E-state index is -0.267. The summed E-state index contributed by atoms with van der Waals surface area (Å²) in [7, 11) is 2.14. The van der Waals surface area contributed by atoms with Gasteiger partial charge in [0, 0.05) is 42.6 Å². The third-order valence-corrected chi connectivity index (χ3v) is 6.66. The lowest BCUT2D eigenvalue weighted by molar-refractivity contribution is -0.119. The fourth-order valence-corrected chi connectivity index (χ4v) is 5.00. The molecular formula is C25H27FN4O2. The number of halogens is 1. The number of carbonyl (C=O) groups excluding carboxylic acids is 1. The Morgan fingerprint density at radius 1 is 1.22 bits per heavy atom. The fraction of sp³-hybridized carbons (Fsp3) is 0.400. The van der Waals surface area contributed by atoms with Crippen molar-refractivity contribution in [2.24, 2.45) is 0 Å². The number of anilines is 1. The first-order valence-electron chi connectivity index (χ1n) is 11.1. The first kappa shape index (κ1) is 20.8. The van der Waals surface area contributed by atoms with E-state index in [0.717, 1.165) is 25.2 Å². The molecule has 1 amide bonds. The molecule has 1 fully saturated rings. The van der Waals surface area contributed by atoms with Crippen LogP contribution in [0, 0.1) is 19.7 Å². The summed E-state index contributed by atoms with van der Waals surface area (Å²) in [5.41, 5.74) is 4.77. The number of piperidine rings is 1. The molecule has 3 aromatic rings. The van der Waals surface area contributed by atoms with Crippen LogP contribution in [0.3, 0.4) is 0 Å². The summed E-state index contributed by atoms with van der Waals surface area (Å²) in [6.45, 7) is 5.75. The van der Waals surface area contributed by atoms with Crippen molar-refractivity contribution in [3.8, 4) is 11.4 Å². The Morgan fingerprint density at radius 3 is 2.88 bits per heavy atom. The number of carbonyl (C=O) groups is 1. The standard InChI is InChI=1S/C25H27FN4O2/c1-15-4-7-21-18(12-15)19-14-29(3)11-10-22(19)30(21)24(31)9-8-23-27-25(28-32-23)17-5-6-20(26)16(2)13-17/h4-7,12-13,19,22H,8-11,14H2,1-3H3. The van der Waals surface area contributed by atoms with Crippen LogP contribution in [-0.4, -0.2) is 47.1 Å². The predicted molar refractivity (Wildman–Crippen MR) is 120 cm³/mol. The van der Waals surface area contributed by atoms with Crippen LogP contribution < -0.4 is 4.90 Å². The lowest BCUT2D eigenvalue weighted by Crippen LogP contribution is -2.47. The van der Waals surface area contributed by atoms with Gasteiger partial charge in [-0.3, -0.25) is 4.79 Å². The van der Waals surface area contributed by atoms with Crippen molar-refractivity contribution < 1.29 is 13.7 Å². The molecule has 1 aromatic heterocycles. The average molecular weight is 435 g/mol. The van der Waals surface area contributed by atoms with Gasteiger partial charge in [-0.25, -0.2) is 4.39 Å². The van der Waals surface area contributed by atoms with Gasteiger partial charge in [0.15, 0.2) is 0 Å². The van der Waals surface area contributed by atoms with Crippen molar-refractivity contribution in [2.45, 2.75) is 45.1 Å². The summed E-state index contributed by atoms with van der Waals surface area (Å²) >= 11 is 0. The SMILES string of the molecule is Cc1ccc2c(c1)C1CN(C)CCC1N2C(=O)CCc1nc(-c2ccc(F)c(C)c2)no1. The molecule has 0 N–H and O–H groups in total. The molecular weight excluding hydrogens is 407 g/mol. The minimum Gasteiger partial charge on any atom is -0.339 e. The van der Waals surface area contributed by atoms with E-state index >= 15 is 0 Å². The number of hydrogen-bond donors (Lipinski definition) is 0. The molecule has 7 heteroatoms. The molecule has 0 bridgehead atoms. The molecule has 2 unspecified atom stereocenters. The largest absolute Gasteiger partial charge is 0.339 e. The summed E-state index contributed by atoms with van der Waals surface area (Å²) < 4.78 is 18.9. The molecule has 1 saturated heterocycles. The van der Waals surface area contributed by atoms with Crippen molar-refractivity contribution in [3.05, 3.63) is 64.8 Å². The van der Waals surface area contributed by atoms with Crippen molar-refractivity contribution >= 4 is 11.6 Å². The van der Waals surface area contributed by atoms with Gasteiger partial charge in [0.2, 0.25) is 17.6 Å². The number of amides is 1. The zero-order chi connectivity index (χ0) is 22.4. The van der Waals surface area contributed by atoms with Crippen LogP contribution in [-0.2, 0) is 11.2 Å². The Labute approximate surface area is 187 Å². The van der Waals surface area contributed by atoms with E-state index < -0.39 is 0 Å². The van der Waals surface area contributed by atoms with Crippen LogP contribution in [0.15, 0.2) is 40.9 Å². The van der Waals surface area contributed by atoms with Gasteiger partial charge in [0.05, 0.1) is 0 Å². The van der Waals surface area contributed by atoms with Gasteiger partial charge in [0.1, 0.15) is 5.82 Å². The van der Waals surface area contributed by atoms with Crippen molar-refractivity contribution in [3.63, 3.8) is 0 Å². The topological polar surface area (TPSA) is 62.5 Å². The smallest absolute Gasteiger partial charge is 0.227 e. The molecule has 2 aliphatic rings. The molecule has 2 aliphatic heterocycles. The monoisotopic (exact) mass is 434 g/mol. The Bertz CT molecular complexity index is 1170. The van der Waals surface area contributed by atoms with E-state index in [1.54, 1.807) is 19.1 Å². The number of fused-ring (bicyclic) bond motifs is 3. The highest BCUT2D eigenvalue weighted by molar-refractivity contribution is 5.97. The number of rotatable bonds is 4. The molecule has 0 saturated carbocycles. The lowest BCUT2D eigenvalue weighted by Gasteiger charge is -2.36. The van der Waals surface area contributed by atoms with Gasteiger partial charge >= 0.3 is 0 Å². The van der Waals surface area contributed by atoms with Crippen LogP contribution >= 0.6 is 0 Å². The quantitative estimate of drug-likeness (QED) is 0.614. The molecule has 6 nitrogen and oxygen atoms in total. The molecule has 166 valence electrons. The lowest BCUT2D eigenvalue weighted by atomic mass is 9.89. The van der Waals surface area contributed by atoms with Gasteiger partial charge < -0.3 is 14.3 Å². The van der Waals surface area contributed by atoms with Crippen molar-refractivity contribution in [1.29, 1.82) is 0 Å². The van der Waals surface area contributed by atoms with E-state index in [9.17, 15) is 9.18 Å². The first-order valence-corrected chi connectivity index (χ1v) is 11.1. The second kappa shape index (κ2) is 8.13. The highest BCUT2D eigenvalue weighted by atomic mass is 19.1. The molecule has 2 aromatic carbocycles. The van der Waals surface area contributed by atoms with E-state index in [2.05, 4.69) is 47.2 Å².